The van der Waals surface area contributed by atoms with Crippen LogP contribution in [-0.4, -0.2) is 48.0 Å². The Morgan fingerprint density at radius 1 is 1.33 bits per heavy atom. The minimum Gasteiger partial charge on any atom is -0.395 e. The van der Waals surface area contributed by atoms with Crippen LogP contribution < -0.4 is 0 Å². The second kappa shape index (κ2) is 6.45. The van der Waals surface area contributed by atoms with Crippen LogP contribution in [-0.2, 0) is 13.6 Å². The SMILES string of the molecule is Cc1ccn2c(C(=O)N(CCO)Cc3nccn3C)c(C)nc2c1. The number of fused-ring (bicyclic) bond motifs is 1. The average molecular weight is 327 g/mol. The number of aliphatic hydroxyl groups excluding tert-OH is 1. The quantitative estimate of drug-likeness (QED) is 0.767. The molecule has 3 rings (SSSR count). The third-order valence-corrected chi connectivity index (χ3v) is 4.07. The van der Waals surface area contributed by atoms with Crippen molar-refractivity contribution in [3.8, 4) is 0 Å². The summed E-state index contributed by atoms with van der Waals surface area (Å²) in [6.07, 6.45) is 5.38. The highest BCUT2D eigenvalue weighted by Gasteiger charge is 2.23. The molecular formula is C17H21N5O2. The number of rotatable bonds is 5. The van der Waals surface area contributed by atoms with E-state index in [9.17, 15) is 9.90 Å². The van der Waals surface area contributed by atoms with E-state index >= 15 is 0 Å². The van der Waals surface area contributed by atoms with E-state index in [-0.39, 0.29) is 19.1 Å². The summed E-state index contributed by atoms with van der Waals surface area (Å²) in [6, 6.07) is 3.89. The topological polar surface area (TPSA) is 75.7 Å². The van der Waals surface area contributed by atoms with E-state index < -0.39 is 0 Å². The molecule has 0 saturated heterocycles. The van der Waals surface area contributed by atoms with Gasteiger partial charge < -0.3 is 14.6 Å². The zero-order valence-electron chi connectivity index (χ0n) is 14.1. The standard InChI is InChI=1S/C17H21N5O2/c1-12-4-6-22-14(10-12)19-13(2)16(22)17(24)21(8-9-23)11-15-18-5-7-20(15)3/h4-7,10,23H,8-9,11H2,1-3H3. The van der Waals surface area contributed by atoms with Crippen LogP contribution in [0.5, 0.6) is 0 Å². The number of hydrogen-bond acceptors (Lipinski definition) is 4. The van der Waals surface area contributed by atoms with Crippen molar-refractivity contribution < 1.29 is 9.90 Å². The first-order valence-electron chi connectivity index (χ1n) is 7.83. The Hall–Kier alpha value is -2.67. The summed E-state index contributed by atoms with van der Waals surface area (Å²) in [4.78, 5) is 23.4. The molecule has 0 fully saturated rings. The molecule has 0 saturated carbocycles. The van der Waals surface area contributed by atoms with E-state index in [1.54, 1.807) is 15.5 Å². The number of carbonyl (C=O) groups is 1. The summed E-state index contributed by atoms with van der Waals surface area (Å²) in [5.74, 6) is 0.597. The zero-order chi connectivity index (χ0) is 17.3. The highest BCUT2D eigenvalue weighted by molar-refractivity contribution is 5.94. The molecule has 24 heavy (non-hydrogen) atoms. The van der Waals surface area contributed by atoms with Gasteiger partial charge in [0.15, 0.2) is 0 Å². The van der Waals surface area contributed by atoms with Crippen LogP contribution in [0.2, 0.25) is 0 Å². The normalized spacial score (nSPS) is 11.2. The lowest BCUT2D eigenvalue weighted by atomic mass is 10.2. The van der Waals surface area contributed by atoms with E-state index in [4.69, 9.17) is 0 Å². The number of carbonyl (C=O) groups excluding carboxylic acids is 1. The summed E-state index contributed by atoms with van der Waals surface area (Å²) in [5, 5.41) is 9.36. The third kappa shape index (κ3) is 2.90. The smallest absolute Gasteiger partial charge is 0.273 e. The molecule has 0 spiro atoms. The number of nitrogens with zero attached hydrogens (tertiary/aromatic N) is 5. The Bertz CT molecular complexity index is 880. The summed E-state index contributed by atoms with van der Waals surface area (Å²) in [6.45, 7) is 4.29. The van der Waals surface area contributed by atoms with Crippen LogP contribution in [0.3, 0.4) is 0 Å². The van der Waals surface area contributed by atoms with Gasteiger partial charge in [-0.2, -0.15) is 0 Å². The highest BCUT2D eigenvalue weighted by atomic mass is 16.3. The maximum absolute atomic E-state index is 13.1. The second-order valence-corrected chi connectivity index (χ2v) is 5.88. The van der Waals surface area contributed by atoms with Gasteiger partial charge >= 0.3 is 0 Å². The van der Waals surface area contributed by atoms with Gasteiger partial charge in [-0.25, -0.2) is 9.97 Å². The van der Waals surface area contributed by atoms with Gasteiger partial charge in [-0.05, 0) is 31.5 Å². The molecule has 0 unspecified atom stereocenters. The minimum absolute atomic E-state index is 0.106. The molecule has 0 bridgehead atoms. The number of aryl methyl sites for hydroxylation is 3. The van der Waals surface area contributed by atoms with E-state index in [1.807, 2.05) is 50.0 Å². The first-order chi connectivity index (χ1) is 11.5. The molecule has 3 aromatic heterocycles. The predicted molar refractivity (Wildman–Crippen MR) is 89.7 cm³/mol. The molecule has 0 aliphatic carbocycles. The fourth-order valence-corrected chi connectivity index (χ4v) is 2.76. The third-order valence-electron chi connectivity index (χ3n) is 4.07. The molecular weight excluding hydrogens is 306 g/mol. The van der Waals surface area contributed by atoms with Crippen LogP contribution in [0.1, 0.15) is 27.6 Å². The van der Waals surface area contributed by atoms with Crippen LogP contribution in [0.15, 0.2) is 30.7 Å². The van der Waals surface area contributed by atoms with Crippen molar-refractivity contribution in [1.29, 1.82) is 0 Å². The van der Waals surface area contributed by atoms with Gasteiger partial charge in [-0.15, -0.1) is 0 Å². The first-order valence-corrected chi connectivity index (χ1v) is 7.83. The molecule has 0 aromatic carbocycles. The average Bonchev–Trinajstić information content (AvgIpc) is 3.08. The van der Waals surface area contributed by atoms with E-state index in [2.05, 4.69) is 9.97 Å². The van der Waals surface area contributed by atoms with Gasteiger partial charge in [0.25, 0.3) is 5.91 Å². The molecule has 7 nitrogen and oxygen atoms in total. The Morgan fingerprint density at radius 2 is 2.12 bits per heavy atom. The van der Waals surface area contributed by atoms with Crippen molar-refractivity contribution in [2.75, 3.05) is 13.2 Å². The van der Waals surface area contributed by atoms with Gasteiger partial charge in [0.2, 0.25) is 0 Å². The Kier molecular flexibility index (Phi) is 4.35. The Labute approximate surface area is 140 Å². The van der Waals surface area contributed by atoms with Gasteiger partial charge in [0.1, 0.15) is 17.2 Å². The fourth-order valence-electron chi connectivity index (χ4n) is 2.76. The number of imidazole rings is 2. The molecule has 1 N–H and O–H groups in total. The van der Waals surface area contributed by atoms with Gasteiger partial charge in [-0.1, -0.05) is 0 Å². The molecule has 0 atom stereocenters. The molecule has 7 heteroatoms. The van der Waals surface area contributed by atoms with E-state index in [0.29, 0.717) is 17.9 Å². The second-order valence-electron chi connectivity index (χ2n) is 5.88. The molecule has 0 radical (unpaired) electrons. The largest absolute Gasteiger partial charge is 0.395 e. The van der Waals surface area contributed by atoms with E-state index in [1.165, 1.54) is 0 Å². The summed E-state index contributed by atoms with van der Waals surface area (Å²) in [7, 11) is 1.88. The molecule has 0 aliphatic heterocycles. The number of amides is 1. The maximum atomic E-state index is 13.1. The van der Waals surface area contributed by atoms with Crippen molar-refractivity contribution in [3.63, 3.8) is 0 Å². The van der Waals surface area contributed by atoms with Crippen LogP contribution in [0, 0.1) is 13.8 Å². The monoisotopic (exact) mass is 327 g/mol. The van der Waals surface area contributed by atoms with Crippen LogP contribution in [0.25, 0.3) is 5.65 Å². The van der Waals surface area contributed by atoms with Crippen LogP contribution >= 0.6 is 0 Å². The molecule has 3 heterocycles. The molecule has 3 aromatic rings. The molecule has 0 aliphatic rings. The molecule has 126 valence electrons. The lowest BCUT2D eigenvalue weighted by Crippen LogP contribution is -2.35. The van der Waals surface area contributed by atoms with Crippen molar-refractivity contribution in [2.24, 2.45) is 7.05 Å². The lowest BCUT2D eigenvalue weighted by Gasteiger charge is -2.21. The Morgan fingerprint density at radius 3 is 2.79 bits per heavy atom. The van der Waals surface area contributed by atoms with Gasteiger partial charge in [0.05, 0.1) is 18.8 Å². The Balaban J connectivity index is 1.98. The summed E-state index contributed by atoms with van der Waals surface area (Å²) < 4.78 is 3.66. The fraction of sp³-hybridized carbons (Fsp3) is 0.353. The number of pyridine rings is 1. The zero-order valence-corrected chi connectivity index (χ0v) is 14.1. The van der Waals surface area contributed by atoms with Crippen LogP contribution in [0.4, 0.5) is 0 Å². The minimum atomic E-state index is -0.166. The number of aromatic nitrogens is 4. The van der Waals surface area contributed by atoms with Gasteiger partial charge in [-0.3, -0.25) is 9.20 Å². The lowest BCUT2D eigenvalue weighted by molar-refractivity contribution is 0.0693. The van der Waals surface area contributed by atoms with Crippen molar-refractivity contribution in [3.05, 3.63) is 53.5 Å². The van der Waals surface area contributed by atoms with Crippen molar-refractivity contribution in [2.45, 2.75) is 20.4 Å². The summed E-state index contributed by atoms with van der Waals surface area (Å²) >= 11 is 0. The maximum Gasteiger partial charge on any atom is 0.273 e. The highest BCUT2D eigenvalue weighted by Crippen LogP contribution is 2.17. The summed E-state index contributed by atoms with van der Waals surface area (Å²) in [5.41, 5.74) is 3.03. The van der Waals surface area contributed by atoms with Gasteiger partial charge in [0, 0.05) is 32.2 Å². The number of hydrogen-bond donors (Lipinski definition) is 1. The molecule has 1 amide bonds. The van der Waals surface area contributed by atoms with Crippen molar-refractivity contribution in [1.82, 2.24) is 23.8 Å². The number of aliphatic hydroxyl groups is 1. The first kappa shape index (κ1) is 16.2. The predicted octanol–water partition coefficient (Wildman–Crippen LogP) is 1.32. The van der Waals surface area contributed by atoms with Crippen molar-refractivity contribution >= 4 is 11.6 Å². The van der Waals surface area contributed by atoms with E-state index in [0.717, 1.165) is 17.0 Å².